The summed E-state index contributed by atoms with van der Waals surface area (Å²) >= 11 is 5.31. The van der Waals surface area contributed by atoms with E-state index in [0.717, 1.165) is 0 Å². The van der Waals surface area contributed by atoms with E-state index in [9.17, 15) is 10.4 Å². The molecular formula is C4H9ClN4O4. The fourth-order valence-corrected chi connectivity index (χ4v) is 0.708. The molecule has 0 saturated carbocycles. The van der Waals surface area contributed by atoms with Crippen LogP contribution < -0.4 is 0 Å². The summed E-state index contributed by atoms with van der Waals surface area (Å²) in [5.41, 5.74) is 0. The van der Waals surface area contributed by atoms with E-state index in [-0.39, 0.29) is 15.6 Å². The minimum atomic E-state index is -1.30. The molecule has 0 aromatic carbocycles. The van der Waals surface area contributed by atoms with Crippen LogP contribution >= 0.6 is 11.6 Å². The fraction of sp³-hybridized carbons (Fsp3) is 1.00. The standard InChI is InChI=1S/C4H9ClN4O4/c1-12-6-8(10)4(3-5)9(11)7-13-2/h4H,3H2,1-2H3/b8-6-,9-7+. The minimum absolute atomic E-state index is 0.0114. The van der Waals surface area contributed by atoms with E-state index < -0.39 is 6.17 Å². The summed E-state index contributed by atoms with van der Waals surface area (Å²) in [6.07, 6.45) is -1.30. The fourth-order valence-electron chi connectivity index (χ4n) is 0.472. The molecule has 9 heteroatoms. The zero-order valence-electron chi connectivity index (χ0n) is 7.08. The lowest BCUT2D eigenvalue weighted by atomic mass is 10.6. The van der Waals surface area contributed by atoms with Gasteiger partial charge in [0, 0.05) is 9.72 Å². The van der Waals surface area contributed by atoms with E-state index in [2.05, 4.69) is 20.2 Å². The average molecular weight is 213 g/mol. The number of alkyl halides is 1. The first kappa shape index (κ1) is 11.7. The van der Waals surface area contributed by atoms with Crippen molar-refractivity contribution in [2.24, 2.45) is 10.6 Å². The Hall–Kier alpha value is -1.31. The predicted octanol–water partition coefficient (Wildman–Crippen LogP) is 0.599. The molecule has 0 fully saturated rings. The maximum absolute atomic E-state index is 10.9. The predicted molar refractivity (Wildman–Crippen MR) is 40.6 cm³/mol. The van der Waals surface area contributed by atoms with Crippen LogP contribution in [-0.2, 0) is 9.68 Å². The number of halogens is 1. The highest BCUT2D eigenvalue weighted by Gasteiger charge is 2.28. The third-order valence-corrected chi connectivity index (χ3v) is 1.25. The molecule has 0 rings (SSSR count). The first-order chi connectivity index (χ1) is 6.17. The van der Waals surface area contributed by atoms with Crippen molar-refractivity contribution in [2.75, 3.05) is 20.1 Å². The topological polar surface area (TPSA) is 95.3 Å². The number of rotatable bonds is 5. The molecule has 0 aromatic heterocycles. The van der Waals surface area contributed by atoms with Gasteiger partial charge in [-0.3, -0.25) is 0 Å². The van der Waals surface area contributed by atoms with Crippen LogP contribution in [0.25, 0.3) is 0 Å². The molecule has 76 valence electrons. The van der Waals surface area contributed by atoms with Crippen LogP contribution in [0.4, 0.5) is 0 Å². The van der Waals surface area contributed by atoms with Crippen LogP contribution in [-0.4, -0.2) is 36.0 Å². The Morgan fingerprint density at radius 3 is 1.85 bits per heavy atom. The Morgan fingerprint density at radius 2 is 1.62 bits per heavy atom. The van der Waals surface area contributed by atoms with E-state index in [4.69, 9.17) is 11.6 Å². The second-order valence-electron chi connectivity index (χ2n) is 1.77. The highest BCUT2D eigenvalue weighted by molar-refractivity contribution is 6.18. The molecule has 0 aliphatic carbocycles. The molecule has 13 heavy (non-hydrogen) atoms. The molecule has 0 aliphatic heterocycles. The maximum Gasteiger partial charge on any atom is 0.429 e. The van der Waals surface area contributed by atoms with E-state index in [1.165, 1.54) is 14.2 Å². The average Bonchev–Trinajstić information content (AvgIpc) is 2.06. The molecule has 1 unspecified atom stereocenters. The van der Waals surface area contributed by atoms with Crippen LogP contribution in [0.5, 0.6) is 0 Å². The van der Waals surface area contributed by atoms with Gasteiger partial charge >= 0.3 is 6.17 Å². The normalized spacial score (nSPS) is 15.3. The summed E-state index contributed by atoms with van der Waals surface area (Å²) in [4.78, 5) is 8.27. The van der Waals surface area contributed by atoms with Gasteiger partial charge in [0.25, 0.3) is 0 Å². The Morgan fingerprint density at radius 1 is 1.23 bits per heavy atom. The van der Waals surface area contributed by atoms with Crippen molar-refractivity contribution in [2.45, 2.75) is 6.17 Å². The summed E-state index contributed by atoms with van der Waals surface area (Å²) in [7, 11) is 2.33. The smallest absolute Gasteiger partial charge is 0.429 e. The number of hydrogen-bond donors (Lipinski definition) is 0. The second kappa shape index (κ2) is 6.23. The van der Waals surface area contributed by atoms with Crippen LogP contribution in [0.15, 0.2) is 10.6 Å². The van der Waals surface area contributed by atoms with Crippen LogP contribution in [0.2, 0.25) is 0 Å². The molecule has 0 amide bonds. The van der Waals surface area contributed by atoms with Gasteiger partial charge in [-0.15, -0.1) is 11.6 Å². The summed E-state index contributed by atoms with van der Waals surface area (Å²) in [6.45, 7) is 0. The molecule has 0 radical (unpaired) electrons. The molecular weight excluding hydrogens is 204 g/mol. The number of nitrogens with zero attached hydrogens (tertiary/aromatic N) is 4. The van der Waals surface area contributed by atoms with Crippen molar-refractivity contribution < 1.29 is 19.4 Å². The molecule has 0 aromatic rings. The third kappa shape index (κ3) is 3.74. The summed E-state index contributed by atoms with van der Waals surface area (Å²) in [5.74, 6) is -0.285. The first-order valence-corrected chi connectivity index (χ1v) is 3.67. The van der Waals surface area contributed by atoms with Gasteiger partial charge in [0.1, 0.15) is 14.2 Å². The molecule has 0 spiro atoms. The van der Waals surface area contributed by atoms with Crippen LogP contribution in [0.1, 0.15) is 0 Å². The lowest BCUT2D eigenvalue weighted by Gasteiger charge is -2.06. The lowest BCUT2D eigenvalue weighted by Crippen LogP contribution is -2.31. The summed E-state index contributed by atoms with van der Waals surface area (Å²) in [5, 5.41) is 27.6. The van der Waals surface area contributed by atoms with Crippen molar-refractivity contribution in [1.82, 2.24) is 0 Å². The highest BCUT2D eigenvalue weighted by atomic mass is 35.5. The lowest BCUT2D eigenvalue weighted by molar-refractivity contribution is -0.791. The molecule has 0 aliphatic rings. The Balaban J connectivity index is 4.50. The molecule has 0 heterocycles. The van der Waals surface area contributed by atoms with Crippen molar-refractivity contribution in [1.29, 1.82) is 0 Å². The molecule has 0 saturated heterocycles. The van der Waals surface area contributed by atoms with Gasteiger partial charge in [-0.05, 0) is 0 Å². The third-order valence-electron chi connectivity index (χ3n) is 0.972. The quantitative estimate of drug-likeness (QED) is 0.219. The second-order valence-corrected chi connectivity index (χ2v) is 2.08. The monoisotopic (exact) mass is 212 g/mol. The van der Waals surface area contributed by atoms with Gasteiger partial charge < -0.3 is 20.1 Å². The molecule has 1 atom stereocenters. The van der Waals surface area contributed by atoms with E-state index >= 15 is 0 Å². The zero-order chi connectivity index (χ0) is 10.3. The van der Waals surface area contributed by atoms with Crippen LogP contribution in [0.3, 0.4) is 0 Å². The van der Waals surface area contributed by atoms with Gasteiger partial charge in [0.15, 0.2) is 5.88 Å². The number of hydrogen-bond acceptors (Lipinski definition) is 6. The highest BCUT2D eigenvalue weighted by Crippen LogP contribution is 1.98. The first-order valence-electron chi connectivity index (χ1n) is 3.14. The Kier molecular flexibility index (Phi) is 5.60. The van der Waals surface area contributed by atoms with E-state index in [1.54, 1.807) is 0 Å². The van der Waals surface area contributed by atoms with Gasteiger partial charge in [-0.2, -0.15) is 0 Å². The van der Waals surface area contributed by atoms with E-state index in [0.29, 0.717) is 0 Å². The van der Waals surface area contributed by atoms with Gasteiger partial charge in [-0.1, -0.05) is 0 Å². The van der Waals surface area contributed by atoms with Crippen molar-refractivity contribution >= 4 is 11.6 Å². The van der Waals surface area contributed by atoms with Crippen LogP contribution in [0, 0.1) is 10.4 Å². The number of hydroxylamine groups is 2. The molecule has 8 nitrogen and oxygen atoms in total. The molecule has 0 bridgehead atoms. The van der Waals surface area contributed by atoms with Gasteiger partial charge in [0.2, 0.25) is 10.6 Å². The van der Waals surface area contributed by atoms with Crippen molar-refractivity contribution in [3.05, 3.63) is 10.4 Å². The largest absolute Gasteiger partial charge is 0.592 e. The van der Waals surface area contributed by atoms with Gasteiger partial charge in [-0.25, -0.2) is 0 Å². The van der Waals surface area contributed by atoms with E-state index in [1.807, 2.05) is 0 Å². The minimum Gasteiger partial charge on any atom is -0.592 e. The zero-order valence-corrected chi connectivity index (χ0v) is 7.84. The Labute approximate surface area is 79.1 Å². The summed E-state index contributed by atoms with van der Waals surface area (Å²) < 4.78 is 0. The van der Waals surface area contributed by atoms with Gasteiger partial charge in [0.05, 0.1) is 0 Å². The SMILES string of the molecule is CO/N=[N+](\[O-])C(CCl)/[N+]([O-])=N\OC. The maximum atomic E-state index is 10.9. The molecule has 0 N–H and O–H groups in total. The van der Waals surface area contributed by atoms with Crippen molar-refractivity contribution in [3.8, 4) is 0 Å². The van der Waals surface area contributed by atoms with Crippen molar-refractivity contribution in [3.63, 3.8) is 0 Å². The Bertz CT molecular complexity index is 188. The summed E-state index contributed by atoms with van der Waals surface area (Å²) in [6, 6.07) is 0.